The number of rotatable bonds is 3. The molecule has 0 saturated carbocycles. The van der Waals surface area contributed by atoms with Gasteiger partial charge >= 0.3 is 0 Å². The molecule has 0 radical (unpaired) electrons. The van der Waals surface area contributed by atoms with Crippen LogP contribution in [-0.4, -0.2) is 17.0 Å². The number of nitrogens with one attached hydrogen (secondary N) is 1. The standard InChI is InChI=1S/C15H15N3O2/c1-10-5-7-11(8-6-10)15(19)17-13-4-2-3-12(9-13)14(16)18-20/h2-9,20H,1H3,(H2,16,18)(H,17,19). The van der Waals surface area contributed by atoms with Gasteiger partial charge in [-0.1, -0.05) is 35.0 Å². The SMILES string of the molecule is Cc1ccc(C(=O)Nc2cccc(/C(N)=N/O)c2)cc1. The number of benzene rings is 2. The zero-order valence-corrected chi connectivity index (χ0v) is 11.0. The number of aryl methyl sites for hydroxylation is 1. The lowest BCUT2D eigenvalue weighted by Crippen LogP contribution is -2.15. The van der Waals surface area contributed by atoms with E-state index >= 15 is 0 Å². The number of carbonyl (C=O) groups excluding carboxylic acids is 1. The highest BCUT2D eigenvalue weighted by Crippen LogP contribution is 2.12. The summed E-state index contributed by atoms with van der Waals surface area (Å²) >= 11 is 0. The Morgan fingerprint density at radius 1 is 1.15 bits per heavy atom. The molecule has 0 aliphatic heterocycles. The number of anilines is 1. The van der Waals surface area contributed by atoms with Crippen molar-refractivity contribution in [3.05, 3.63) is 65.2 Å². The van der Waals surface area contributed by atoms with Crippen LogP contribution in [-0.2, 0) is 0 Å². The molecule has 4 N–H and O–H groups in total. The molecule has 0 spiro atoms. The normalized spacial score (nSPS) is 11.2. The summed E-state index contributed by atoms with van der Waals surface area (Å²) in [6.45, 7) is 1.96. The third-order valence-electron chi connectivity index (χ3n) is 2.84. The van der Waals surface area contributed by atoms with E-state index in [0.717, 1.165) is 5.56 Å². The summed E-state index contributed by atoms with van der Waals surface area (Å²) < 4.78 is 0. The van der Waals surface area contributed by atoms with Crippen LogP contribution >= 0.6 is 0 Å². The summed E-state index contributed by atoms with van der Waals surface area (Å²) in [7, 11) is 0. The van der Waals surface area contributed by atoms with Gasteiger partial charge in [-0.25, -0.2) is 0 Å². The van der Waals surface area contributed by atoms with Gasteiger partial charge < -0.3 is 16.3 Å². The summed E-state index contributed by atoms with van der Waals surface area (Å²) in [6, 6.07) is 14.1. The Morgan fingerprint density at radius 2 is 1.85 bits per heavy atom. The minimum atomic E-state index is -0.207. The van der Waals surface area contributed by atoms with Crippen molar-refractivity contribution in [1.82, 2.24) is 0 Å². The minimum absolute atomic E-state index is 0.00330. The van der Waals surface area contributed by atoms with Crippen LogP contribution < -0.4 is 11.1 Å². The molecule has 2 aromatic carbocycles. The van der Waals surface area contributed by atoms with E-state index in [1.54, 1.807) is 36.4 Å². The van der Waals surface area contributed by atoms with Crippen LogP contribution in [0.1, 0.15) is 21.5 Å². The fourth-order valence-electron chi connectivity index (χ4n) is 1.72. The van der Waals surface area contributed by atoms with E-state index in [4.69, 9.17) is 10.9 Å². The fraction of sp³-hybridized carbons (Fsp3) is 0.0667. The van der Waals surface area contributed by atoms with E-state index in [9.17, 15) is 4.79 Å². The molecule has 0 aliphatic rings. The smallest absolute Gasteiger partial charge is 0.255 e. The Labute approximate surface area is 116 Å². The highest BCUT2D eigenvalue weighted by Gasteiger charge is 2.07. The zero-order valence-electron chi connectivity index (χ0n) is 11.0. The van der Waals surface area contributed by atoms with Gasteiger partial charge in [0, 0.05) is 16.8 Å². The number of nitrogens with two attached hydrogens (primary N) is 1. The van der Waals surface area contributed by atoms with Gasteiger partial charge in [-0.05, 0) is 31.2 Å². The van der Waals surface area contributed by atoms with Crippen molar-refractivity contribution in [2.45, 2.75) is 6.92 Å². The summed E-state index contributed by atoms with van der Waals surface area (Å²) in [5.74, 6) is -0.210. The second kappa shape index (κ2) is 5.88. The highest BCUT2D eigenvalue weighted by atomic mass is 16.4. The first-order chi connectivity index (χ1) is 9.60. The maximum Gasteiger partial charge on any atom is 0.255 e. The maximum absolute atomic E-state index is 12.1. The molecule has 0 bridgehead atoms. The molecule has 20 heavy (non-hydrogen) atoms. The number of hydrogen-bond donors (Lipinski definition) is 3. The maximum atomic E-state index is 12.1. The van der Waals surface area contributed by atoms with E-state index in [1.165, 1.54) is 0 Å². The summed E-state index contributed by atoms with van der Waals surface area (Å²) in [6.07, 6.45) is 0. The fourth-order valence-corrected chi connectivity index (χ4v) is 1.72. The van der Waals surface area contributed by atoms with Gasteiger partial charge in [0.25, 0.3) is 5.91 Å². The molecule has 0 unspecified atom stereocenters. The predicted molar refractivity (Wildman–Crippen MR) is 78.1 cm³/mol. The first-order valence-corrected chi connectivity index (χ1v) is 6.06. The minimum Gasteiger partial charge on any atom is -0.409 e. The third-order valence-corrected chi connectivity index (χ3v) is 2.84. The predicted octanol–water partition coefficient (Wildman–Crippen LogP) is 2.34. The average molecular weight is 269 g/mol. The van der Waals surface area contributed by atoms with E-state index in [0.29, 0.717) is 16.8 Å². The van der Waals surface area contributed by atoms with Crippen LogP contribution in [0.15, 0.2) is 53.7 Å². The molecule has 102 valence electrons. The highest BCUT2D eigenvalue weighted by molar-refractivity contribution is 6.05. The van der Waals surface area contributed by atoms with E-state index in [-0.39, 0.29) is 11.7 Å². The van der Waals surface area contributed by atoms with Crippen LogP contribution in [0.4, 0.5) is 5.69 Å². The molecule has 2 rings (SSSR count). The first-order valence-electron chi connectivity index (χ1n) is 6.06. The van der Waals surface area contributed by atoms with Gasteiger partial charge in [0.1, 0.15) is 0 Å². The first kappa shape index (κ1) is 13.6. The molecular weight excluding hydrogens is 254 g/mol. The third kappa shape index (κ3) is 3.14. The molecule has 5 nitrogen and oxygen atoms in total. The van der Waals surface area contributed by atoms with Crippen LogP contribution in [0.2, 0.25) is 0 Å². The number of amides is 1. The van der Waals surface area contributed by atoms with Crippen molar-refractivity contribution >= 4 is 17.4 Å². The number of amidine groups is 1. The largest absolute Gasteiger partial charge is 0.409 e. The Bertz CT molecular complexity index is 648. The molecule has 0 saturated heterocycles. The van der Waals surface area contributed by atoms with Crippen LogP contribution in [0.25, 0.3) is 0 Å². The van der Waals surface area contributed by atoms with Crippen molar-refractivity contribution in [2.75, 3.05) is 5.32 Å². The van der Waals surface area contributed by atoms with E-state index in [1.807, 2.05) is 19.1 Å². The van der Waals surface area contributed by atoms with Gasteiger partial charge in [0.05, 0.1) is 0 Å². The van der Waals surface area contributed by atoms with Crippen molar-refractivity contribution in [2.24, 2.45) is 10.9 Å². The Kier molecular flexibility index (Phi) is 4.00. The monoisotopic (exact) mass is 269 g/mol. The Morgan fingerprint density at radius 3 is 2.50 bits per heavy atom. The lowest BCUT2D eigenvalue weighted by Gasteiger charge is -2.07. The quantitative estimate of drug-likeness (QED) is 0.346. The van der Waals surface area contributed by atoms with Crippen molar-refractivity contribution in [3.63, 3.8) is 0 Å². The van der Waals surface area contributed by atoms with Crippen molar-refractivity contribution in [1.29, 1.82) is 0 Å². The molecule has 0 fully saturated rings. The molecule has 1 amide bonds. The zero-order chi connectivity index (χ0) is 14.5. The number of carbonyl (C=O) groups is 1. The molecule has 2 aromatic rings. The number of oxime groups is 1. The lowest BCUT2D eigenvalue weighted by molar-refractivity contribution is 0.102. The summed E-state index contributed by atoms with van der Waals surface area (Å²) in [5.41, 5.74) is 8.30. The van der Waals surface area contributed by atoms with E-state index in [2.05, 4.69) is 10.5 Å². The Balaban J connectivity index is 2.17. The van der Waals surface area contributed by atoms with Crippen molar-refractivity contribution < 1.29 is 10.0 Å². The van der Waals surface area contributed by atoms with Crippen LogP contribution in [0, 0.1) is 6.92 Å². The van der Waals surface area contributed by atoms with Crippen molar-refractivity contribution in [3.8, 4) is 0 Å². The van der Waals surface area contributed by atoms with Gasteiger partial charge in [-0.2, -0.15) is 0 Å². The molecular formula is C15H15N3O2. The number of hydrogen-bond acceptors (Lipinski definition) is 3. The molecule has 0 aromatic heterocycles. The van der Waals surface area contributed by atoms with Gasteiger partial charge in [-0.3, -0.25) is 4.79 Å². The average Bonchev–Trinajstić information content (AvgIpc) is 2.47. The van der Waals surface area contributed by atoms with Crippen LogP contribution in [0.3, 0.4) is 0 Å². The topological polar surface area (TPSA) is 87.7 Å². The lowest BCUT2D eigenvalue weighted by atomic mass is 10.1. The van der Waals surface area contributed by atoms with Gasteiger partial charge in [0.15, 0.2) is 5.84 Å². The number of nitrogens with zero attached hydrogens (tertiary/aromatic N) is 1. The molecule has 5 heteroatoms. The summed E-state index contributed by atoms with van der Waals surface area (Å²) in [5, 5.41) is 14.3. The van der Waals surface area contributed by atoms with Gasteiger partial charge in [0.2, 0.25) is 0 Å². The van der Waals surface area contributed by atoms with Gasteiger partial charge in [-0.15, -0.1) is 0 Å². The van der Waals surface area contributed by atoms with E-state index < -0.39 is 0 Å². The van der Waals surface area contributed by atoms with Crippen LogP contribution in [0.5, 0.6) is 0 Å². The molecule has 0 heterocycles. The Hall–Kier alpha value is -2.82. The summed E-state index contributed by atoms with van der Waals surface area (Å²) in [4.78, 5) is 12.1. The second-order valence-corrected chi connectivity index (χ2v) is 4.39. The molecule has 0 aliphatic carbocycles. The molecule has 0 atom stereocenters. The second-order valence-electron chi connectivity index (χ2n) is 4.39.